The summed E-state index contributed by atoms with van der Waals surface area (Å²) in [5.41, 5.74) is 1.07. The van der Waals surface area contributed by atoms with Crippen molar-refractivity contribution in [2.45, 2.75) is 38.3 Å². The lowest BCUT2D eigenvalue weighted by molar-refractivity contribution is -0.134. The lowest BCUT2D eigenvalue weighted by Gasteiger charge is -2.31. The number of sulfone groups is 1. The van der Waals surface area contributed by atoms with Crippen LogP contribution in [0.4, 0.5) is 0 Å². The number of amides is 1. The van der Waals surface area contributed by atoms with Crippen LogP contribution in [0.1, 0.15) is 37.8 Å². The van der Waals surface area contributed by atoms with Crippen molar-refractivity contribution >= 4 is 27.3 Å². The van der Waals surface area contributed by atoms with Crippen LogP contribution in [-0.4, -0.2) is 61.3 Å². The number of benzene rings is 1. The Morgan fingerprint density at radius 2 is 2.08 bits per heavy atom. The zero-order valence-electron chi connectivity index (χ0n) is 14.5. The van der Waals surface area contributed by atoms with Crippen molar-refractivity contribution in [3.8, 4) is 0 Å². The number of likely N-dealkylation sites (N-methyl/N-ethyl adjacent to an activating group) is 1. The highest BCUT2D eigenvalue weighted by Gasteiger charge is 2.36. The van der Waals surface area contributed by atoms with Gasteiger partial charge in [-0.1, -0.05) is 29.8 Å². The fraction of sp³-hybridized carbons (Fsp3) is 0.611. The van der Waals surface area contributed by atoms with Gasteiger partial charge in [0.15, 0.2) is 9.84 Å². The molecule has 0 saturated carbocycles. The van der Waals surface area contributed by atoms with E-state index < -0.39 is 9.84 Å². The van der Waals surface area contributed by atoms with Crippen LogP contribution in [0.15, 0.2) is 24.3 Å². The van der Waals surface area contributed by atoms with Crippen LogP contribution < -0.4 is 0 Å². The average molecular weight is 385 g/mol. The standard InChI is InChI=1S/C18H25ClN2O3S/c1-2-21(14-9-11-25(23,24)13-14)18(22)12-20-10-5-8-17(20)15-6-3-4-7-16(15)19/h3-4,6-7,14,17H,2,5,8-13H2,1H3. The van der Waals surface area contributed by atoms with Gasteiger partial charge in [0.05, 0.1) is 18.1 Å². The molecule has 0 spiro atoms. The molecule has 25 heavy (non-hydrogen) atoms. The predicted octanol–water partition coefficient (Wildman–Crippen LogP) is 2.51. The summed E-state index contributed by atoms with van der Waals surface area (Å²) in [7, 11) is -3.00. The van der Waals surface area contributed by atoms with Crippen LogP contribution in [0.3, 0.4) is 0 Å². The first-order valence-corrected chi connectivity index (χ1v) is 11.1. The number of nitrogens with zero attached hydrogens (tertiary/aromatic N) is 2. The molecule has 2 unspecified atom stereocenters. The molecule has 2 atom stereocenters. The van der Waals surface area contributed by atoms with Gasteiger partial charge in [-0.15, -0.1) is 0 Å². The molecule has 0 aliphatic carbocycles. The van der Waals surface area contributed by atoms with Crippen LogP contribution in [0.2, 0.25) is 5.02 Å². The topological polar surface area (TPSA) is 57.7 Å². The zero-order chi connectivity index (χ0) is 18.0. The van der Waals surface area contributed by atoms with Crippen molar-refractivity contribution in [1.29, 1.82) is 0 Å². The van der Waals surface area contributed by atoms with E-state index in [4.69, 9.17) is 11.6 Å². The molecule has 0 N–H and O–H groups in total. The molecule has 0 bridgehead atoms. The third-order valence-electron chi connectivity index (χ3n) is 5.28. The maximum atomic E-state index is 12.8. The Morgan fingerprint density at radius 3 is 2.72 bits per heavy atom. The van der Waals surface area contributed by atoms with Crippen molar-refractivity contribution in [3.63, 3.8) is 0 Å². The molecule has 0 aromatic heterocycles. The van der Waals surface area contributed by atoms with E-state index in [1.165, 1.54) is 0 Å². The minimum atomic E-state index is -3.00. The summed E-state index contributed by atoms with van der Waals surface area (Å²) >= 11 is 6.34. The number of carbonyl (C=O) groups excluding carboxylic acids is 1. The smallest absolute Gasteiger partial charge is 0.237 e. The first-order valence-electron chi connectivity index (χ1n) is 8.89. The highest BCUT2D eigenvalue weighted by Crippen LogP contribution is 2.35. The molecule has 7 heteroatoms. The fourth-order valence-electron chi connectivity index (χ4n) is 4.04. The summed E-state index contributed by atoms with van der Waals surface area (Å²) in [6, 6.07) is 7.78. The number of rotatable bonds is 5. The van der Waals surface area contributed by atoms with E-state index in [9.17, 15) is 13.2 Å². The van der Waals surface area contributed by atoms with Crippen molar-refractivity contribution in [2.24, 2.45) is 0 Å². The van der Waals surface area contributed by atoms with Crippen LogP contribution in [0.25, 0.3) is 0 Å². The molecule has 2 saturated heterocycles. The molecule has 1 amide bonds. The molecule has 5 nitrogen and oxygen atoms in total. The van der Waals surface area contributed by atoms with Crippen molar-refractivity contribution in [3.05, 3.63) is 34.9 Å². The summed E-state index contributed by atoms with van der Waals surface area (Å²) in [4.78, 5) is 16.8. The molecule has 2 heterocycles. The maximum absolute atomic E-state index is 12.8. The molecular weight excluding hydrogens is 360 g/mol. The summed E-state index contributed by atoms with van der Waals surface area (Å²) in [6.45, 7) is 3.64. The summed E-state index contributed by atoms with van der Waals surface area (Å²) in [5.74, 6) is 0.303. The second kappa shape index (κ2) is 7.64. The monoisotopic (exact) mass is 384 g/mol. The summed E-state index contributed by atoms with van der Waals surface area (Å²) < 4.78 is 23.5. The van der Waals surface area contributed by atoms with Gasteiger partial charge < -0.3 is 4.90 Å². The van der Waals surface area contributed by atoms with Gasteiger partial charge in [0.1, 0.15) is 0 Å². The molecule has 2 aliphatic heterocycles. The van der Waals surface area contributed by atoms with E-state index in [0.717, 1.165) is 30.0 Å². The third-order valence-corrected chi connectivity index (χ3v) is 7.37. The van der Waals surface area contributed by atoms with Gasteiger partial charge >= 0.3 is 0 Å². The van der Waals surface area contributed by atoms with Crippen LogP contribution in [-0.2, 0) is 14.6 Å². The lowest BCUT2D eigenvalue weighted by atomic mass is 10.0. The average Bonchev–Trinajstić information content (AvgIpc) is 3.15. The second-order valence-electron chi connectivity index (χ2n) is 6.89. The van der Waals surface area contributed by atoms with E-state index in [-0.39, 0.29) is 29.5 Å². The van der Waals surface area contributed by atoms with Gasteiger partial charge in [-0.25, -0.2) is 8.42 Å². The molecule has 0 radical (unpaired) electrons. The molecule has 2 fully saturated rings. The summed E-state index contributed by atoms with van der Waals surface area (Å²) in [5, 5.41) is 0.737. The van der Waals surface area contributed by atoms with E-state index in [0.29, 0.717) is 19.5 Å². The van der Waals surface area contributed by atoms with E-state index in [1.54, 1.807) is 4.90 Å². The number of carbonyl (C=O) groups is 1. The fourth-order valence-corrected chi connectivity index (χ4v) is 6.03. The minimum absolute atomic E-state index is 0.0172. The molecule has 3 rings (SSSR count). The van der Waals surface area contributed by atoms with Crippen LogP contribution >= 0.6 is 11.6 Å². The van der Waals surface area contributed by atoms with E-state index in [2.05, 4.69) is 4.90 Å². The first kappa shape index (κ1) is 18.7. The van der Waals surface area contributed by atoms with Crippen molar-refractivity contribution in [1.82, 2.24) is 9.80 Å². The second-order valence-corrected chi connectivity index (χ2v) is 9.52. The van der Waals surface area contributed by atoms with Crippen molar-refractivity contribution < 1.29 is 13.2 Å². The lowest BCUT2D eigenvalue weighted by Crippen LogP contribution is -2.46. The van der Waals surface area contributed by atoms with Gasteiger partial charge in [-0.3, -0.25) is 9.69 Å². The number of hydrogen-bond donors (Lipinski definition) is 0. The van der Waals surface area contributed by atoms with Crippen LogP contribution in [0.5, 0.6) is 0 Å². The van der Waals surface area contributed by atoms with Gasteiger partial charge in [0.2, 0.25) is 5.91 Å². The Bertz CT molecular complexity index is 738. The SMILES string of the molecule is CCN(C(=O)CN1CCCC1c1ccccc1Cl)C1CCS(=O)(=O)C1. The molecule has 2 aliphatic rings. The highest BCUT2D eigenvalue weighted by atomic mass is 35.5. The molecule has 1 aromatic carbocycles. The van der Waals surface area contributed by atoms with Gasteiger partial charge in [-0.05, 0) is 44.4 Å². The Labute approximate surface area is 154 Å². The zero-order valence-corrected chi connectivity index (χ0v) is 16.1. The molecular formula is C18H25ClN2O3S. The normalized spacial score (nSPS) is 26.0. The van der Waals surface area contributed by atoms with Gasteiger partial charge in [-0.2, -0.15) is 0 Å². The minimum Gasteiger partial charge on any atom is -0.338 e. The number of likely N-dealkylation sites (tertiary alicyclic amines) is 1. The largest absolute Gasteiger partial charge is 0.338 e. The van der Waals surface area contributed by atoms with Crippen LogP contribution in [0, 0.1) is 0 Å². The Balaban J connectivity index is 1.70. The Hall–Kier alpha value is -1.11. The molecule has 1 aromatic rings. The van der Waals surface area contributed by atoms with Gasteiger partial charge in [0.25, 0.3) is 0 Å². The maximum Gasteiger partial charge on any atom is 0.237 e. The van der Waals surface area contributed by atoms with Crippen molar-refractivity contribution in [2.75, 3.05) is 31.1 Å². The Kier molecular flexibility index (Phi) is 5.71. The van der Waals surface area contributed by atoms with E-state index in [1.807, 2.05) is 31.2 Å². The Morgan fingerprint density at radius 1 is 1.32 bits per heavy atom. The van der Waals surface area contributed by atoms with Gasteiger partial charge in [0, 0.05) is 23.7 Å². The number of hydrogen-bond acceptors (Lipinski definition) is 4. The molecule has 138 valence electrons. The highest BCUT2D eigenvalue weighted by molar-refractivity contribution is 7.91. The van der Waals surface area contributed by atoms with E-state index >= 15 is 0 Å². The third kappa shape index (κ3) is 4.18. The quantitative estimate of drug-likeness (QED) is 0.782. The first-order chi connectivity index (χ1) is 11.9. The number of halogens is 1. The predicted molar refractivity (Wildman–Crippen MR) is 99.4 cm³/mol. The summed E-state index contributed by atoms with van der Waals surface area (Å²) in [6.07, 6.45) is 2.57.